The van der Waals surface area contributed by atoms with Crippen LogP contribution < -0.4 is 11.1 Å². The molecule has 0 bridgehead atoms. The van der Waals surface area contributed by atoms with Crippen LogP contribution in [0.15, 0.2) is 36.5 Å². The van der Waals surface area contributed by atoms with Gasteiger partial charge in [0.05, 0.1) is 23.1 Å². The minimum absolute atomic E-state index is 0.238. The largest absolute Gasteiger partial charge is 0.384 e. The van der Waals surface area contributed by atoms with Crippen LogP contribution in [-0.2, 0) is 0 Å². The molecule has 0 atom stereocenters. The van der Waals surface area contributed by atoms with Gasteiger partial charge in [-0.15, -0.1) is 0 Å². The van der Waals surface area contributed by atoms with E-state index < -0.39 is 5.82 Å². The Balaban J connectivity index is 2.30. The summed E-state index contributed by atoms with van der Waals surface area (Å²) in [5.74, 6) is -0.0299. The Morgan fingerprint density at radius 1 is 1.29 bits per heavy atom. The summed E-state index contributed by atoms with van der Waals surface area (Å²) in [5.41, 5.74) is 6.90. The summed E-state index contributed by atoms with van der Waals surface area (Å²) in [7, 11) is 0. The molecule has 0 aliphatic carbocycles. The molecule has 1 aromatic heterocycles. The Bertz CT molecular complexity index is 572. The number of pyridine rings is 1. The third-order valence-corrected chi connectivity index (χ3v) is 2.17. The minimum Gasteiger partial charge on any atom is -0.384 e. The van der Waals surface area contributed by atoms with E-state index >= 15 is 0 Å². The molecule has 0 spiro atoms. The zero-order valence-electron chi connectivity index (χ0n) is 8.81. The maximum atomic E-state index is 12.9. The van der Waals surface area contributed by atoms with Crippen LogP contribution in [0.4, 0.5) is 21.6 Å². The van der Waals surface area contributed by atoms with E-state index in [0.29, 0.717) is 17.2 Å². The second-order valence-corrected chi connectivity index (χ2v) is 3.40. The number of nitriles is 1. The number of nitrogens with two attached hydrogens (primary N) is 1. The van der Waals surface area contributed by atoms with Gasteiger partial charge in [0.15, 0.2) is 0 Å². The average Bonchev–Trinajstić information content (AvgIpc) is 2.34. The van der Waals surface area contributed by atoms with E-state index in [9.17, 15) is 4.39 Å². The van der Waals surface area contributed by atoms with Crippen molar-refractivity contribution in [1.82, 2.24) is 4.98 Å². The van der Waals surface area contributed by atoms with Crippen molar-refractivity contribution in [3.63, 3.8) is 0 Å². The summed E-state index contributed by atoms with van der Waals surface area (Å²) < 4.78 is 12.9. The molecule has 2 aromatic rings. The van der Waals surface area contributed by atoms with Gasteiger partial charge in [0, 0.05) is 0 Å². The van der Waals surface area contributed by atoms with E-state index in [0.717, 1.165) is 0 Å². The van der Waals surface area contributed by atoms with E-state index in [2.05, 4.69) is 10.3 Å². The van der Waals surface area contributed by atoms with Crippen molar-refractivity contribution >= 4 is 17.2 Å². The Labute approximate surface area is 97.5 Å². The van der Waals surface area contributed by atoms with Crippen LogP contribution in [0.25, 0.3) is 0 Å². The van der Waals surface area contributed by atoms with Crippen molar-refractivity contribution in [3.8, 4) is 6.07 Å². The number of nitrogens with zero attached hydrogens (tertiary/aromatic N) is 2. The summed E-state index contributed by atoms with van der Waals surface area (Å²) in [6, 6.07) is 9.25. The first kappa shape index (κ1) is 10.9. The third-order valence-electron chi connectivity index (χ3n) is 2.17. The highest BCUT2D eigenvalue weighted by atomic mass is 19.1. The first-order chi connectivity index (χ1) is 8.19. The monoisotopic (exact) mass is 228 g/mol. The summed E-state index contributed by atoms with van der Waals surface area (Å²) in [6.07, 6.45) is 1.54. The zero-order chi connectivity index (χ0) is 12.3. The quantitative estimate of drug-likeness (QED) is 0.827. The molecule has 84 valence electrons. The van der Waals surface area contributed by atoms with Gasteiger partial charge in [-0.2, -0.15) is 5.26 Å². The highest BCUT2D eigenvalue weighted by molar-refractivity contribution is 5.66. The van der Waals surface area contributed by atoms with E-state index in [1.54, 1.807) is 18.3 Å². The van der Waals surface area contributed by atoms with Gasteiger partial charge in [0.2, 0.25) is 0 Å². The molecule has 0 saturated heterocycles. The predicted molar refractivity (Wildman–Crippen MR) is 63.0 cm³/mol. The fraction of sp³-hybridized carbons (Fsp3) is 0. The van der Waals surface area contributed by atoms with E-state index in [-0.39, 0.29) is 5.56 Å². The van der Waals surface area contributed by atoms with Crippen molar-refractivity contribution in [2.45, 2.75) is 0 Å². The number of hydrogen-bond acceptors (Lipinski definition) is 4. The molecular weight excluding hydrogens is 219 g/mol. The van der Waals surface area contributed by atoms with Crippen molar-refractivity contribution in [2.24, 2.45) is 0 Å². The van der Waals surface area contributed by atoms with Gasteiger partial charge in [-0.25, -0.2) is 9.37 Å². The standard InChI is InChI=1S/C12H9FN4/c13-9-1-3-11(8(5-9)6-14)17-10-2-4-12(15)16-7-10/h1-5,7,17H,(H2,15,16). The van der Waals surface area contributed by atoms with Crippen molar-refractivity contribution in [3.05, 3.63) is 47.9 Å². The first-order valence-corrected chi connectivity index (χ1v) is 4.87. The highest BCUT2D eigenvalue weighted by Gasteiger charge is 2.04. The van der Waals surface area contributed by atoms with Gasteiger partial charge in [0.25, 0.3) is 0 Å². The third kappa shape index (κ3) is 2.49. The minimum atomic E-state index is -0.442. The lowest BCUT2D eigenvalue weighted by atomic mass is 10.2. The van der Waals surface area contributed by atoms with E-state index in [4.69, 9.17) is 11.0 Å². The normalized spacial score (nSPS) is 9.65. The van der Waals surface area contributed by atoms with Crippen molar-refractivity contribution in [2.75, 3.05) is 11.1 Å². The van der Waals surface area contributed by atoms with Crippen LogP contribution in [0.1, 0.15) is 5.56 Å². The molecule has 0 amide bonds. The summed E-state index contributed by atoms with van der Waals surface area (Å²) >= 11 is 0. The molecule has 5 heteroatoms. The van der Waals surface area contributed by atoms with E-state index in [1.165, 1.54) is 18.2 Å². The maximum absolute atomic E-state index is 12.9. The smallest absolute Gasteiger partial charge is 0.124 e. The summed E-state index contributed by atoms with van der Waals surface area (Å²) in [4.78, 5) is 3.91. The fourth-order valence-electron chi connectivity index (χ4n) is 1.35. The van der Waals surface area contributed by atoms with Gasteiger partial charge in [0.1, 0.15) is 17.7 Å². The van der Waals surface area contributed by atoms with Gasteiger partial charge in [-0.05, 0) is 30.3 Å². The Morgan fingerprint density at radius 3 is 2.76 bits per heavy atom. The Hall–Kier alpha value is -2.61. The van der Waals surface area contributed by atoms with Gasteiger partial charge < -0.3 is 11.1 Å². The molecule has 1 aromatic carbocycles. The molecule has 0 unspecified atom stereocenters. The van der Waals surface area contributed by atoms with Gasteiger partial charge in [-0.3, -0.25) is 0 Å². The Morgan fingerprint density at radius 2 is 2.12 bits per heavy atom. The number of rotatable bonds is 2. The molecule has 17 heavy (non-hydrogen) atoms. The summed E-state index contributed by atoms with van der Waals surface area (Å²) in [6.45, 7) is 0. The van der Waals surface area contributed by atoms with Crippen molar-refractivity contribution < 1.29 is 4.39 Å². The molecule has 0 radical (unpaired) electrons. The number of hydrogen-bond donors (Lipinski definition) is 2. The lowest BCUT2D eigenvalue weighted by molar-refractivity contribution is 0.627. The number of nitrogen functional groups attached to an aromatic ring is 1. The second kappa shape index (κ2) is 4.49. The average molecular weight is 228 g/mol. The molecule has 0 aliphatic heterocycles. The van der Waals surface area contributed by atoms with Crippen LogP contribution in [0.3, 0.4) is 0 Å². The topological polar surface area (TPSA) is 74.7 Å². The number of anilines is 3. The molecular formula is C12H9FN4. The van der Waals surface area contributed by atoms with Crippen LogP contribution in [-0.4, -0.2) is 4.98 Å². The van der Waals surface area contributed by atoms with Gasteiger partial charge in [-0.1, -0.05) is 0 Å². The lowest BCUT2D eigenvalue weighted by Gasteiger charge is -2.07. The number of aromatic nitrogens is 1. The maximum Gasteiger partial charge on any atom is 0.124 e. The SMILES string of the molecule is N#Cc1cc(F)ccc1Nc1ccc(N)nc1. The van der Waals surface area contributed by atoms with Crippen LogP contribution >= 0.6 is 0 Å². The lowest BCUT2D eigenvalue weighted by Crippen LogP contribution is -1.96. The number of benzene rings is 1. The molecule has 0 fully saturated rings. The van der Waals surface area contributed by atoms with Crippen LogP contribution in [0.5, 0.6) is 0 Å². The second-order valence-electron chi connectivity index (χ2n) is 3.40. The molecule has 3 N–H and O–H groups in total. The molecule has 2 rings (SSSR count). The molecule has 0 saturated carbocycles. The fourth-order valence-corrected chi connectivity index (χ4v) is 1.35. The van der Waals surface area contributed by atoms with Crippen molar-refractivity contribution in [1.29, 1.82) is 5.26 Å². The number of halogens is 1. The molecule has 1 heterocycles. The first-order valence-electron chi connectivity index (χ1n) is 4.87. The highest BCUT2D eigenvalue weighted by Crippen LogP contribution is 2.21. The van der Waals surface area contributed by atoms with Crippen LogP contribution in [0.2, 0.25) is 0 Å². The molecule has 0 aliphatic rings. The summed E-state index contributed by atoms with van der Waals surface area (Å²) in [5, 5.41) is 11.8. The Kier molecular flexibility index (Phi) is 2.88. The zero-order valence-corrected chi connectivity index (χ0v) is 8.81. The molecule has 4 nitrogen and oxygen atoms in total. The van der Waals surface area contributed by atoms with Crippen LogP contribution in [0, 0.1) is 17.1 Å². The predicted octanol–water partition coefficient (Wildman–Crippen LogP) is 2.42. The van der Waals surface area contributed by atoms with Gasteiger partial charge >= 0.3 is 0 Å². The number of nitrogens with one attached hydrogen (secondary N) is 1. The van der Waals surface area contributed by atoms with E-state index in [1.807, 2.05) is 6.07 Å².